The van der Waals surface area contributed by atoms with Crippen LogP contribution in [-0.2, 0) is 9.84 Å². The quantitative estimate of drug-likeness (QED) is 0.443. The second kappa shape index (κ2) is 5.65. The van der Waals surface area contributed by atoms with Gasteiger partial charge in [-0.25, -0.2) is 8.42 Å². The average molecular weight is 287 g/mol. The Morgan fingerprint density at radius 2 is 2.11 bits per heavy atom. The fraction of sp³-hybridized carbons (Fsp3) is 0.300. The fourth-order valence-electron chi connectivity index (χ4n) is 1.30. The van der Waals surface area contributed by atoms with Crippen molar-refractivity contribution in [3.8, 4) is 0 Å². The van der Waals surface area contributed by atoms with Crippen molar-refractivity contribution in [3.05, 3.63) is 33.9 Å². The van der Waals surface area contributed by atoms with E-state index in [0.717, 1.165) is 12.3 Å². The van der Waals surface area contributed by atoms with Gasteiger partial charge in [0.2, 0.25) is 0 Å². The minimum Gasteiger partial charge on any atom is -0.393 e. The third-order valence-electron chi connectivity index (χ3n) is 2.25. The lowest BCUT2D eigenvalue weighted by Gasteiger charge is -2.05. The summed E-state index contributed by atoms with van der Waals surface area (Å²) < 4.78 is 21.8. The van der Waals surface area contributed by atoms with E-state index in [4.69, 9.17) is 5.73 Å². The van der Waals surface area contributed by atoms with Crippen molar-refractivity contribution in [2.24, 2.45) is 0 Å². The van der Waals surface area contributed by atoms with Crippen LogP contribution in [0.4, 0.5) is 11.4 Å². The maximum Gasteiger partial charge on any atom is 0.292 e. The van der Waals surface area contributed by atoms with Gasteiger partial charge in [-0.15, -0.1) is 0 Å². The molecule has 0 aliphatic heterocycles. The second-order valence-corrected chi connectivity index (χ2v) is 6.18. The Balaban J connectivity index is 2.78. The Hall–Kier alpha value is -2.16. The molecule has 1 aromatic rings. The topological polar surface area (TPSA) is 132 Å². The largest absolute Gasteiger partial charge is 0.393 e. The molecule has 0 saturated carbocycles. The average Bonchev–Trinajstić information content (AvgIpc) is 2.27. The van der Waals surface area contributed by atoms with E-state index in [1.165, 1.54) is 12.1 Å². The molecule has 1 amide bonds. The first kappa shape index (κ1) is 14.9. The molecule has 104 valence electrons. The van der Waals surface area contributed by atoms with Crippen LogP contribution in [0.1, 0.15) is 10.4 Å². The molecule has 1 aromatic carbocycles. The van der Waals surface area contributed by atoms with Gasteiger partial charge >= 0.3 is 0 Å². The minimum absolute atomic E-state index is 0.0438. The molecule has 0 aliphatic carbocycles. The van der Waals surface area contributed by atoms with E-state index < -0.39 is 20.7 Å². The summed E-state index contributed by atoms with van der Waals surface area (Å²) in [4.78, 5) is 21.6. The number of rotatable bonds is 5. The van der Waals surface area contributed by atoms with Gasteiger partial charge < -0.3 is 11.1 Å². The van der Waals surface area contributed by atoms with Crippen molar-refractivity contribution < 1.29 is 18.1 Å². The molecule has 3 N–H and O–H groups in total. The van der Waals surface area contributed by atoms with Gasteiger partial charge in [0, 0.05) is 24.4 Å². The molecular weight excluding hydrogens is 274 g/mol. The molecule has 0 heterocycles. The van der Waals surface area contributed by atoms with E-state index in [-0.39, 0.29) is 29.2 Å². The molecule has 0 aliphatic rings. The van der Waals surface area contributed by atoms with Gasteiger partial charge in [-0.2, -0.15) is 0 Å². The maximum atomic E-state index is 11.6. The molecule has 0 bridgehead atoms. The van der Waals surface area contributed by atoms with E-state index in [2.05, 4.69) is 5.32 Å². The van der Waals surface area contributed by atoms with Crippen LogP contribution in [0.15, 0.2) is 18.2 Å². The van der Waals surface area contributed by atoms with Gasteiger partial charge in [-0.05, 0) is 12.1 Å². The summed E-state index contributed by atoms with van der Waals surface area (Å²) in [7, 11) is -3.17. The van der Waals surface area contributed by atoms with Crippen molar-refractivity contribution >= 4 is 27.1 Å². The standard InChI is InChI=1S/C10H13N3O5S/c1-19(17,18)5-4-12-10(14)7-2-3-8(11)9(6-7)13(15)16/h2-3,6H,4-5,11H2,1H3,(H,12,14). The van der Waals surface area contributed by atoms with Crippen LogP contribution in [0.3, 0.4) is 0 Å². The fourth-order valence-corrected chi connectivity index (χ4v) is 1.77. The highest BCUT2D eigenvalue weighted by molar-refractivity contribution is 7.90. The number of nitrogen functional groups attached to an aromatic ring is 1. The molecule has 19 heavy (non-hydrogen) atoms. The van der Waals surface area contributed by atoms with Gasteiger partial charge in [0.05, 0.1) is 10.7 Å². The molecule has 0 spiro atoms. The van der Waals surface area contributed by atoms with Gasteiger partial charge in [0.15, 0.2) is 0 Å². The Bertz CT molecular complexity index is 612. The third kappa shape index (κ3) is 4.54. The van der Waals surface area contributed by atoms with Crippen LogP contribution in [0.25, 0.3) is 0 Å². The number of benzene rings is 1. The first-order valence-corrected chi connectivity index (χ1v) is 7.26. The molecule has 8 nitrogen and oxygen atoms in total. The zero-order valence-corrected chi connectivity index (χ0v) is 10.9. The molecular formula is C10H13N3O5S. The van der Waals surface area contributed by atoms with E-state index in [1.54, 1.807) is 0 Å². The molecule has 0 saturated heterocycles. The summed E-state index contributed by atoms with van der Waals surface area (Å²) in [5.41, 5.74) is 5.04. The summed E-state index contributed by atoms with van der Waals surface area (Å²) in [6, 6.07) is 3.63. The molecule has 0 unspecified atom stereocenters. The van der Waals surface area contributed by atoms with Crippen LogP contribution in [0.5, 0.6) is 0 Å². The van der Waals surface area contributed by atoms with Crippen LogP contribution >= 0.6 is 0 Å². The molecule has 1 rings (SSSR count). The Labute approximate surface area is 109 Å². The number of nitrogens with zero attached hydrogens (tertiary/aromatic N) is 1. The number of nitrogens with one attached hydrogen (secondary N) is 1. The summed E-state index contributed by atoms with van der Waals surface area (Å²) in [6.45, 7) is -0.0597. The van der Waals surface area contributed by atoms with Crippen molar-refractivity contribution in [3.63, 3.8) is 0 Å². The lowest BCUT2D eigenvalue weighted by molar-refractivity contribution is -0.383. The van der Waals surface area contributed by atoms with E-state index in [0.29, 0.717) is 0 Å². The first-order valence-electron chi connectivity index (χ1n) is 5.20. The van der Waals surface area contributed by atoms with Gasteiger partial charge in [0.1, 0.15) is 15.5 Å². The number of amides is 1. The summed E-state index contributed by atoms with van der Waals surface area (Å²) >= 11 is 0. The Morgan fingerprint density at radius 1 is 1.47 bits per heavy atom. The Kier molecular flexibility index (Phi) is 4.43. The van der Waals surface area contributed by atoms with Crippen LogP contribution in [0, 0.1) is 10.1 Å². The lowest BCUT2D eigenvalue weighted by Crippen LogP contribution is -2.28. The predicted octanol–water partition coefficient (Wildman–Crippen LogP) is -0.0486. The number of sulfone groups is 1. The van der Waals surface area contributed by atoms with Crippen LogP contribution in [-0.4, -0.2) is 37.8 Å². The molecule has 0 aromatic heterocycles. The number of anilines is 1. The SMILES string of the molecule is CS(=O)(=O)CCNC(=O)c1ccc(N)c([N+](=O)[O-])c1. The smallest absolute Gasteiger partial charge is 0.292 e. The van der Waals surface area contributed by atoms with Crippen molar-refractivity contribution in [1.82, 2.24) is 5.32 Å². The highest BCUT2D eigenvalue weighted by atomic mass is 32.2. The molecule has 0 atom stereocenters. The normalized spacial score (nSPS) is 11.0. The number of carbonyl (C=O) groups excluding carboxylic acids is 1. The van der Waals surface area contributed by atoms with Crippen LogP contribution in [0.2, 0.25) is 0 Å². The monoisotopic (exact) mass is 287 g/mol. The summed E-state index contributed by atoms with van der Waals surface area (Å²) in [5, 5.41) is 13.0. The third-order valence-corrected chi connectivity index (χ3v) is 3.19. The predicted molar refractivity (Wildman–Crippen MR) is 69.6 cm³/mol. The first-order chi connectivity index (χ1) is 8.70. The molecule has 9 heteroatoms. The number of nitrogens with two attached hydrogens (primary N) is 1. The van der Waals surface area contributed by atoms with Gasteiger partial charge in [-0.3, -0.25) is 14.9 Å². The maximum absolute atomic E-state index is 11.6. The highest BCUT2D eigenvalue weighted by Crippen LogP contribution is 2.22. The molecule has 0 radical (unpaired) electrons. The second-order valence-electron chi connectivity index (χ2n) is 3.92. The van der Waals surface area contributed by atoms with Crippen molar-refractivity contribution in [2.45, 2.75) is 0 Å². The number of hydrogen-bond donors (Lipinski definition) is 2. The zero-order chi connectivity index (χ0) is 14.6. The zero-order valence-electron chi connectivity index (χ0n) is 10.1. The number of hydrogen-bond acceptors (Lipinski definition) is 6. The van der Waals surface area contributed by atoms with E-state index in [1.807, 2.05) is 0 Å². The van der Waals surface area contributed by atoms with E-state index in [9.17, 15) is 23.3 Å². The summed E-state index contributed by atoms with van der Waals surface area (Å²) in [6.07, 6.45) is 1.05. The molecule has 0 fully saturated rings. The van der Waals surface area contributed by atoms with Crippen molar-refractivity contribution in [1.29, 1.82) is 0 Å². The highest BCUT2D eigenvalue weighted by Gasteiger charge is 2.15. The summed E-state index contributed by atoms with van der Waals surface area (Å²) in [5.74, 6) is -0.790. The van der Waals surface area contributed by atoms with Gasteiger partial charge in [-0.1, -0.05) is 0 Å². The minimum atomic E-state index is -3.17. The number of nitro benzene ring substituents is 1. The Morgan fingerprint density at radius 3 is 2.63 bits per heavy atom. The van der Waals surface area contributed by atoms with E-state index >= 15 is 0 Å². The van der Waals surface area contributed by atoms with Crippen molar-refractivity contribution in [2.75, 3.05) is 24.3 Å². The number of carbonyl (C=O) groups is 1. The van der Waals surface area contributed by atoms with Gasteiger partial charge in [0.25, 0.3) is 11.6 Å². The lowest BCUT2D eigenvalue weighted by atomic mass is 10.1. The van der Waals surface area contributed by atoms with Crippen LogP contribution < -0.4 is 11.1 Å². The number of nitro groups is 1.